The van der Waals surface area contributed by atoms with Crippen LogP contribution in [0.2, 0.25) is 0 Å². The molecule has 3 rings (SSSR count). The van der Waals surface area contributed by atoms with Gasteiger partial charge in [0.25, 0.3) is 0 Å². The Labute approximate surface area is 138 Å². The van der Waals surface area contributed by atoms with Crippen LogP contribution in [0, 0.1) is 6.92 Å². The molecular weight excluding hydrogens is 334 g/mol. The molecule has 0 amide bonds. The molecule has 0 aliphatic carbocycles. The van der Waals surface area contributed by atoms with E-state index in [0.29, 0.717) is 18.3 Å². The molecule has 23 heavy (non-hydrogen) atoms. The van der Waals surface area contributed by atoms with Crippen molar-refractivity contribution in [3.8, 4) is 10.7 Å². The van der Waals surface area contributed by atoms with E-state index >= 15 is 0 Å². The molecule has 0 radical (unpaired) electrons. The third kappa shape index (κ3) is 3.59. The number of hydrogen-bond acceptors (Lipinski definition) is 7. The molecule has 0 bridgehead atoms. The SMILES string of the molecule is Cc1ccc(S(C)(=O)=O)cc1NCc1nc(-c2cccs2)no1. The van der Waals surface area contributed by atoms with E-state index in [4.69, 9.17) is 4.52 Å². The summed E-state index contributed by atoms with van der Waals surface area (Å²) in [6, 6.07) is 8.82. The Kier molecular flexibility index (Phi) is 4.18. The van der Waals surface area contributed by atoms with Gasteiger partial charge in [-0.3, -0.25) is 0 Å². The molecule has 0 saturated heterocycles. The first-order valence-corrected chi connectivity index (χ1v) is 9.61. The fourth-order valence-corrected chi connectivity index (χ4v) is 3.32. The highest BCUT2D eigenvalue weighted by Crippen LogP contribution is 2.23. The van der Waals surface area contributed by atoms with Crippen LogP contribution in [-0.4, -0.2) is 24.8 Å². The van der Waals surface area contributed by atoms with E-state index in [0.717, 1.165) is 16.1 Å². The minimum Gasteiger partial charge on any atom is -0.376 e. The van der Waals surface area contributed by atoms with Crippen LogP contribution in [0.4, 0.5) is 5.69 Å². The zero-order valence-electron chi connectivity index (χ0n) is 12.6. The highest BCUT2D eigenvalue weighted by atomic mass is 32.2. The van der Waals surface area contributed by atoms with Crippen LogP contribution < -0.4 is 5.32 Å². The Hall–Kier alpha value is -2.19. The summed E-state index contributed by atoms with van der Waals surface area (Å²) in [7, 11) is -3.24. The Morgan fingerprint density at radius 3 is 2.83 bits per heavy atom. The van der Waals surface area contributed by atoms with Crippen molar-refractivity contribution in [3.05, 3.63) is 47.2 Å². The molecule has 1 N–H and O–H groups in total. The van der Waals surface area contributed by atoms with Crippen molar-refractivity contribution in [2.24, 2.45) is 0 Å². The fourth-order valence-electron chi connectivity index (χ4n) is 2.03. The lowest BCUT2D eigenvalue weighted by atomic mass is 10.2. The van der Waals surface area contributed by atoms with Crippen molar-refractivity contribution < 1.29 is 12.9 Å². The lowest BCUT2D eigenvalue weighted by Gasteiger charge is -2.09. The van der Waals surface area contributed by atoms with E-state index in [1.807, 2.05) is 24.4 Å². The van der Waals surface area contributed by atoms with Crippen molar-refractivity contribution in [3.63, 3.8) is 0 Å². The highest BCUT2D eigenvalue weighted by Gasteiger charge is 2.12. The summed E-state index contributed by atoms with van der Waals surface area (Å²) in [5.41, 5.74) is 1.67. The summed E-state index contributed by atoms with van der Waals surface area (Å²) < 4.78 is 28.5. The van der Waals surface area contributed by atoms with Gasteiger partial charge in [-0.2, -0.15) is 4.98 Å². The smallest absolute Gasteiger partial charge is 0.246 e. The number of hydrogen-bond donors (Lipinski definition) is 1. The average Bonchev–Trinajstić information content (AvgIpc) is 3.16. The second-order valence-electron chi connectivity index (χ2n) is 5.09. The van der Waals surface area contributed by atoms with Gasteiger partial charge in [-0.05, 0) is 36.1 Å². The molecule has 0 saturated carbocycles. The number of aromatic nitrogens is 2. The minimum atomic E-state index is -3.24. The molecule has 0 aliphatic rings. The van der Waals surface area contributed by atoms with E-state index in [9.17, 15) is 8.42 Å². The van der Waals surface area contributed by atoms with Crippen LogP contribution >= 0.6 is 11.3 Å². The predicted octanol–water partition coefficient (Wildman–Crippen LogP) is 3.12. The summed E-state index contributed by atoms with van der Waals surface area (Å²) in [5, 5.41) is 9.03. The number of anilines is 1. The number of thiophene rings is 1. The topological polar surface area (TPSA) is 85.1 Å². The van der Waals surface area contributed by atoms with Crippen LogP contribution in [0.3, 0.4) is 0 Å². The van der Waals surface area contributed by atoms with Gasteiger partial charge in [0.15, 0.2) is 9.84 Å². The highest BCUT2D eigenvalue weighted by molar-refractivity contribution is 7.90. The van der Waals surface area contributed by atoms with Crippen LogP contribution in [0.25, 0.3) is 10.7 Å². The van der Waals surface area contributed by atoms with E-state index < -0.39 is 9.84 Å². The molecule has 120 valence electrons. The van der Waals surface area contributed by atoms with Crippen molar-refractivity contribution in [2.75, 3.05) is 11.6 Å². The van der Waals surface area contributed by atoms with Gasteiger partial charge in [-0.25, -0.2) is 8.42 Å². The summed E-state index contributed by atoms with van der Waals surface area (Å²) in [4.78, 5) is 5.53. The van der Waals surface area contributed by atoms with Crippen LogP contribution in [0.15, 0.2) is 45.1 Å². The van der Waals surface area contributed by atoms with Gasteiger partial charge in [-0.15, -0.1) is 11.3 Å². The Morgan fingerprint density at radius 2 is 2.13 bits per heavy atom. The lowest BCUT2D eigenvalue weighted by Crippen LogP contribution is -2.04. The van der Waals surface area contributed by atoms with Gasteiger partial charge in [0.05, 0.1) is 16.3 Å². The van der Waals surface area contributed by atoms with Gasteiger partial charge in [0.2, 0.25) is 11.7 Å². The number of nitrogens with one attached hydrogen (secondary N) is 1. The van der Waals surface area contributed by atoms with Crippen LogP contribution in [0.5, 0.6) is 0 Å². The number of sulfone groups is 1. The molecule has 1 aromatic carbocycles. The average molecular weight is 349 g/mol. The quantitative estimate of drug-likeness (QED) is 0.762. The molecule has 0 spiro atoms. The maximum absolute atomic E-state index is 11.6. The third-order valence-electron chi connectivity index (χ3n) is 3.28. The molecule has 8 heteroatoms. The summed E-state index contributed by atoms with van der Waals surface area (Å²) in [6.45, 7) is 2.23. The normalized spacial score (nSPS) is 11.6. The number of aryl methyl sites for hydroxylation is 1. The molecule has 0 aliphatic heterocycles. The van der Waals surface area contributed by atoms with Crippen LogP contribution in [0.1, 0.15) is 11.5 Å². The summed E-state index contributed by atoms with van der Waals surface area (Å²) in [5.74, 6) is 0.996. The first-order valence-electron chi connectivity index (χ1n) is 6.84. The molecular formula is C15H15N3O3S2. The zero-order chi connectivity index (χ0) is 16.4. The second kappa shape index (κ2) is 6.13. The molecule has 0 unspecified atom stereocenters. The largest absolute Gasteiger partial charge is 0.376 e. The molecule has 0 fully saturated rings. The van der Waals surface area contributed by atoms with Gasteiger partial charge in [0, 0.05) is 11.9 Å². The lowest BCUT2D eigenvalue weighted by molar-refractivity contribution is 0.384. The van der Waals surface area contributed by atoms with Crippen molar-refractivity contribution in [1.29, 1.82) is 0 Å². The number of rotatable bonds is 5. The van der Waals surface area contributed by atoms with Gasteiger partial charge < -0.3 is 9.84 Å². The molecule has 2 heterocycles. The zero-order valence-corrected chi connectivity index (χ0v) is 14.2. The second-order valence-corrected chi connectivity index (χ2v) is 8.05. The first-order chi connectivity index (χ1) is 10.9. The number of benzene rings is 1. The van der Waals surface area contributed by atoms with Gasteiger partial charge in [-0.1, -0.05) is 17.3 Å². The summed E-state index contributed by atoms with van der Waals surface area (Å²) in [6.07, 6.45) is 1.19. The van der Waals surface area contributed by atoms with Gasteiger partial charge >= 0.3 is 0 Å². The molecule has 2 aromatic heterocycles. The van der Waals surface area contributed by atoms with E-state index in [1.54, 1.807) is 18.2 Å². The first kappa shape index (κ1) is 15.7. The Morgan fingerprint density at radius 1 is 1.30 bits per heavy atom. The molecule has 6 nitrogen and oxygen atoms in total. The monoisotopic (exact) mass is 349 g/mol. The fraction of sp³-hybridized carbons (Fsp3) is 0.200. The minimum absolute atomic E-state index is 0.274. The predicted molar refractivity (Wildman–Crippen MR) is 89.2 cm³/mol. The van der Waals surface area contributed by atoms with Crippen molar-refractivity contribution >= 4 is 26.9 Å². The molecule has 3 aromatic rings. The summed E-state index contributed by atoms with van der Waals surface area (Å²) >= 11 is 1.54. The Balaban J connectivity index is 1.76. The molecule has 0 atom stereocenters. The standard InChI is InChI=1S/C15H15N3O3S2/c1-10-5-6-11(23(2,19)20)8-12(10)16-9-14-17-15(18-21-14)13-4-3-7-22-13/h3-8,16H,9H2,1-2H3. The van der Waals surface area contributed by atoms with Crippen molar-refractivity contribution in [1.82, 2.24) is 10.1 Å². The number of nitrogens with zero attached hydrogens (tertiary/aromatic N) is 2. The van der Waals surface area contributed by atoms with Crippen molar-refractivity contribution in [2.45, 2.75) is 18.4 Å². The van der Waals surface area contributed by atoms with E-state index in [-0.39, 0.29) is 4.90 Å². The van der Waals surface area contributed by atoms with E-state index in [2.05, 4.69) is 15.5 Å². The maximum atomic E-state index is 11.6. The third-order valence-corrected chi connectivity index (χ3v) is 5.25. The van der Waals surface area contributed by atoms with Crippen LogP contribution in [-0.2, 0) is 16.4 Å². The van der Waals surface area contributed by atoms with E-state index in [1.165, 1.54) is 17.6 Å². The maximum Gasteiger partial charge on any atom is 0.246 e. The Bertz CT molecular complexity index is 915. The van der Waals surface area contributed by atoms with Gasteiger partial charge in [0.1, 0.15) is 0 Å².